The van der Waals surface area contributed by atoms with Gasteiger partial charge in [0.2, 0.25) is 0 Å². The molecule has 4 aliphatic carbocycles. The van der Waals surface area contributed by atoms with Crippen LogP contribution in [0.1, 0.15) is 65.2 Å². The topological polar surface area (TPSA) is 64.2 Å². The summed E-state index contributed by atoms with van der Waals surface area (Å²) in [5.74, 6) is 3.22. The van der Waals surface area contributed by atoms with E-state index in [0.29, 0.717) is 17.8 Å². The van der Waals surface area contributed by atoms with Crippen molar-refractivity contribution < 1.29 is 10.2 Å². The highest BCUT2D eigenvalue weighted by molar-refractivity contribution is 5.11. The predicted molar refractivity (Wildman–Crippen MR) is 88.2 cm³/mol. The number of aliphatic hydroxyl groups is 2. The number of aliphatic hydroxyl groups excluding tert-OH is 1. The molecule has 8 unspecified atom stereocenters. The van der Waals surface area contributed by atoms with Gasteiger partial charge in [-0.1, -0.05) is 6.92 Å². The molecule has 0 bridgehead atoms. The molecule has 0 aromatic rings. The fourth-order valence-electron chi connectivity index (χ4n) is 7.20. The second kappa shape index (κ2) is 5.20. The molecule has 3 heteroatoms. The highest BCUT2D eigenvalue weighted by atomic mass is 16.3. The number of nitrogens with zero attached hydrogens (tertiary/aromatic N) is 1. The van der Waals surface area contributed by atoms with Crippen molar-refractivity contribution in [2.75, 3.05) is 0 Å². The lowest BCUT2D eigenvalue weighted by Crippen LogP contribution is -2.53. The van der Waals surface area contributed by atoms with Gasteiger partial charge in [0.1, 0.15) is 0 Å². The van der Waals surface area contributed by atoms with Gasteiger partial charge >= 0.3 is 0 Å². The minimum Gasteiger partial charge on any atom is -0.392 e. The third kappa shape index (κ3) is 2.14. The van der Waals surface area contributed by atoms with Crippen molar-refractivity contribution in [3.8, 4) is 6.07 Å². The van der Waals surface area contributed by atoms with Crippen molar-refractivity contribution in [1.82, 2.24) is 0 Å². The number of hydrogen-bond acceptors (Lipinski definition) is 3. The molecule has 0 radical (unpaired) electrons. The maximum absolute atomic E-state index is 10.9. The molecular weight excluding hydrogens is 286 g/mol. The average molecular weight is 317 g/mol. The second-order valence-corrected chi connectivity index (χ2v) is 9.48. The van der Waals surface area contributed by atoms with Gasteiger partial charge in [0.05, 0.1) is 23.7 Å². The Morgan fingerprint density at radius 2 is 1.74 bits per heavy atom. The van der Waals surface area contributed by atoms with Crippen LogP contribution in [0.2, 0.25) is 0 Å². The summed E-state index contributed by atoms with van der Waals surface area (Å²) < 4.78 is 0. The van der Waals surface area contributed by atoms with Crippen LogP contribution in [0.25, 0.3) is 0 Å². The molecule has 4 saturated carbocycles. The number of rotatable bonds is 0. The highest BCUT2D eigenvalue weighted by Gasteiger charge is 2.61. The lowest BCUT2D eigenvalue weighted by molar-refractivity contribution is -0.128. The zero-order valence-electron chi connectivity index (χ0n) is 14.5. The minimum absolute atomic E-state index is 0.0871. The Kier molecular flexibility index (Phi) is 3.60. The normalized spacial score (nSPS) is 58.7. The molecule has 0 amide bonds. The van der Waals surface area contributed by atoms with E-state index < -0.39 is 11.7 Å². The van der Waals surface area contributed by atoms with Crippen LogP contribution in [0.4, 0.5) is 0 Å². The maximum Gasteiger partial charge on any atom is 0.0725 e. The molecule has 0 aliphatic heterocycles. The lowest BCUT2D eigenvalue weighted by Gasteiger charge is -2.57. The molecule has 9 atom stereocenters. The quantitative estimate of drug-likeness (QED) is 0.718. The van der Waals surface area contributed by atoms with Crippen molar-refractivity contribution in [1.29, 1.82) is 5.26 Å². The lowest BCUT2D eigenvalue weighted by atomic mass is 9.48. The summed E-state index contributed by atoms with van der Waals surface area (Å²) in [6.45, 7) is 4.39. The van der Waals surface area contributed by atoms with Crippen LogP contribution in [0.15, 0.2) is 0 Å². The smallest absolute Gasteiger partial charge is 0.0725 e. The van der Waals surface area contributed by atoms with E-state index in [1.165, 1.54) is 25.7 Å². The summed E-state index contributed by atoms with van der Waals surface area (Å²) in [5.41, 5.74) is -0.415. The molecule has 4 fully saturated rings. The first-order valence-electron chi connectivity index (χ1n) is 9.67. The molecule has 2 N–H and O–H groups in total. The number of hydrogen-bond donors (Lipinski definition) is 2. The van der Waals surface area contributed by atoms with Gasteiger partial charge in [0.15, 0.2) is 0 Å². The number of nitriles is 1. The largest absolute Gasteiger partial charge is 0.392 e. The van der Waals surface area contributed by atoms with Crippen molar-refractivity contribution in [3.05, 3.63) is 0 Å². The van der Waals surface area contributed by atoms with E-state index in [2.05, 4.69) is 19.9 Å². The fourth-order valence-corrected chi connectivity index (χ4v) is 7.20. The van der Waals surface area contributed by atoms with Crippen LogP contribution in [-0.2, 0) is 0 Å². The van der Waals surface area contributed by atoms with Gasteiger partial charge in [0, 0.05) is 0 Å². The Labute approximate surface area is 140 Å². The van der Waals surface area contributed by atoms with E-state index in [0.717, 1.165) is 37.5 Å². The maximum atomic E-state index is 10.9. The van der Waals surface area contributed by atoms with Crippen LogP contribution in [0, 0.1) is 52.3 Å². The Morgan fingerprint density at radius 3 is 2.48 bits per heavy atom. The molecule has 0 spiro atoms. The summed E-state index contributed by atoms with van der Waals surface area (Å²) in [7, 11) is 0. The Morgan fingerprint density at radius 1 is 0.957 bits per heavy atom. The zero-order chi connectivity index (χ0) is 16.4. The third-order valence-corrected chi connectivity index (χ3v) is 8.78. The van der Waals surface area contributed by atoms with E-state index in [4.69, 9.17) is 0 Å². The summed E-state index contributed by atoms with van der Waals surface area (Å²) in [6, 6.07) is 2.36. The third-order valence-electron chi connectivity index (χ3n) is 8.78. The molecule has 0 aromatic carbocycles. The van der Waals surface area contributed by atoms with Crippen molar-refractivity contribution >= 4 is 0 Å². The monoisotopic (exact) mass is 317 g/mol. The zero-order valence-corrected chi connectivity index (χ0v) is 14.5. The minimum atomic E-state index is -0.503. The first kappa shape index (κ1) is 15.9. The van der Waals surface area contributed by atoms with Gasteiger partial charge in [-0.15, -0.1) is 0 Å². The van der Waals surface area contributed by atoms with Crippen molar-refractivity contribution in [2.45, 2.75) is 76.9 Å². The predicted octanol–water partition coefficient (Wildman–Crippen LogP) is 3.50. The first-order chi connectivity index (χ1) is 10.9. The second-order valence-electron chi connectivity index (χ2n) is 9.48. The summed E-state index contributed by atoms with van der Waals surface area (Å²) in [5, 5.41) is 30.5. The van der Waals surface area contributed by atoms with Gasteiger partial charge in [0.25, 0.3) is 0 Å². The average Bonchev–Trinajstić information content (AvgIpc) is 2.76. The Balaban J connectivity index is 1.59. The fraction of sp³-hybridized carbons (Fsp3) is 0.950. The SMILES string of the molecule is CC12CCC3C4CC(C#N)C(O)CC4CCC3C1CC[C@]2(C)O. The highest BCUT2D eigenvalue weighted by Crippen LogP contribution is 2.65. The molecule has 3 nitrogen and oxygen atoms in total. The van der Waals surface area contributed by atoms with E-state index in [-0.39, 0.29) is 11.3 Å². The van der Waals surface area contributed by atoms with E-state index in [9.17, 15) is 15.5 Å². The molecule has 0 heterocycles. The Hall–Kier alpha value is -0.590. The van der Waals surface area contributed by atoms with Crippen molar-refractivity contribution in [2.24, 2.45) is 40.9 Å². The summed E-state index contributed by atoms with van der Waals surface area (Å²) >= 11 is 0. The molecular formula is C20H31NO2. The standard InChI is InChI=1S/C20H31NO2/c1-19-7-5-14-15(17(19)6-8-20(19,2)23)4-3-12-10-18(22)13(11-21)9-16(12)14/h12-18,22-23H,3-10H2,1-2H3/t12?,13?,14?,15?,16?,17?,18?,19?,20-/m0/s1. The van der Waals surface area contributed by atoms with E-state index in [1.54, 1.807) is 0 Å². The molecule has 0 aromatic heterocycles. The van der Waals surface area contributed by atoms with Gasteiger partial charge in [-0.05, 0) is 93.3 Å². The van der Waals surface area contributed by atoms with E-state index >= 15 is 0 Å². The Bertz CT molecular complexity index is 524. The van der Waals surface area contributed by atoms with Crippen LogP contribution in [0.5, 0.6) is 0 Å². The van der Waals surface area contributed by atoms with Gasteiger partial charge in [-0.25, -0.2) is 0 Å². The van der Waals surface area contributed by atoms with Crippen molar-refractivity contribution in [3.63, 3.8) is 0 Å². The molecule has 128 valence electrons. The molecule has 4 aliphatic rings. The molecule has 4 rings (SSSR count). The summed E-state index contributed by atoms with van der Waals surface area (Å²) in [6.07, 6.45) is 8.30. The number of fused-ring (bicyclic) bond motifs is 5. The van der Waals surface area contributed by atoms with Crippen LogP contribution >= 0.6 is 0 Å². The van der Waals surface area contributed by atoms with Gasteiger partial charge in [-0.2, -0.15) is 5.26 Å². The van der Waals surface area contributed by atoms with Gasteiger partial charge in [-0.3, -0.25) is 0 Å². The molecule has 23 heavy (non-hydrogen) atoms. The van der Waals surface area contributed by atoms with Crippen LogP contribution < -0.4 is 0 Å². The first-order valence-corrected chi connectivity index (χ1v) is 9.67. The van der Waals surface area contributed by atoms with Crippen LogP contribution in [-0.4, -0.2) is 21.9 Å². The van der Waals surface area contributed by atoms with Crippen LogP contribution in [0.3, 0.4) is 0 Å². The van der Waals surface area contributed by atoms with Gasteiger partial charge < -0.3 is 10.2 Å². The van der Waals surface area contributed by atoms with E-state index in [1.807, 2.05) is 0 Å². The molecule has 0 saturated heterocycles. The summed E-state index contributed by atoms with van der Waals surface area (Å²) in [4.78, 5) is 0.